The molecule has 22 heavy (non-hydrogen) atoms. The Morgan fingerprint density at radius 2 is 1.95 bits per heavy atom. The summed E-state index contributed by atoms with van der Waals surface area (Å²) in [4.78, 5) is 6.88. The Labute approximate surface area is 134 Å². The number of hydrogen-bond donors (Lipinski definition) is 0. The van der Waals surface area contributed by atoms with Crippen LogP contribution < -0.4 is 4.90 Å². The molecular weight excluding hydrogens is 298 g/mol. The number of piperidine rings is 1. The first-order valence-corrected chi connectivity index (χ1v) is 7.97. The fourth-order valence-corrected chi connectivity index (χ4v) is 4.03. The van der Waals surface area contributed by atoms with Gasteiger partial charge in [-0.2, -0.15) is 10.4 Å². The van der Waals surface area contributed by atoms with E-state index in [0.717, 1.165) is 18.7 Å². The monoisotopic (exact) mass is 313 g/mol. The van der Waals surface area contributed by atoms with Gasteiger partial charge in [0.05, 0.1) is 17.3 Å². The molecule has 0 saturated carbocycles. The predicted molar refractivity (Wildman–Crippen MR) is 83.7 cm³/mol. The Morgan fingerprint density at radius 3 is 2.59 bits per heavy atom. The van der Waals surface area contributed by atoms with Gasteiger partial charge in [-0.3, -0.25) is 4.68 Å². The van der Waals surface area contributed by atoms with Gasteiger partial charge >= 0.3 is 0 Å². The topological polar surface area (TPSA) is 57.7 Å². The molecule has 2 fully saturated rings. The standard InChI is InChI=1S/C16H16ClN5/c17-11-9-19-21(10-11)15-6-13-4-5-14(7-15)22(13)16-3-1-2-12(8-18)20-16/h1-3,9-10,13-15H,4-7H2. The number of rotatable bonds is 2. The van der Waals surface area contributed by atoms with Gasteiger partial charge in [0.2, 0.25) is 0 Å². The first kappa shape index (κ1) is 13.6. The number of pyridine rings is 1. The highest BCUT2D eigenvalue weighted by molar-refractivity contribution is 6.30. The highest BCUT2D eigenvalue weighted by Crippen LogP contribution is 2.42. The number of fused-ring (bicyclic) bond motifs is 2. The molecule has 4 rings (SSSR count). The summed E-state index contributed by atoms with van der Waals surface area (Å²) in [5, 5.41) is 14.1. The Hall–Kier alpha value is -2.06. The van der Waals surface area contributed by atoms with Crippen LogP contribution in [0.5, 0.6) is 0 Å². The molecule has 2 saturated heterocycles. The van der Waals surface area contributed by atoms with Gasteiger partial charge in [-0.25, -0.2) is 4.98 Å². The van der Waals surface area contributed by atoms with E-state index in [-0.39, 0.29) is 0 Å². The van der Waals surface area contributed by atoms with E-state index in [4.69, 9.17) is 16.9 Å². The van der Waals surface area contributed by atoms with Crippen LogP contribution in [0.4, 0.5) is 5.82 Å². The van der Waals surface area contributed by atoms with Gasteiger partial charge in [-0.05, 0) is 37.8 Å². The Bertz CT molecular complexity index is 720. The average molecular weight is 314 g/mol. The fraction of sp³-hybridized carbons (Fsp3) is 0.438. The molecule has 2 unspecified atom stereocenters. The molecule has 2 bridgehead atoms. The number of anilines is 1. The molecule has 0 radical (unpaired) electrons. The SMILES string of the molecule is N#Cc1cccc(N2C3CCC2CC(n2cc(Cl)cn2)C3)n1. The second-order valence-electron chi connectivity index (χ2n) is 6.05. The molecule has 0 aliphatic carbocycles. The minimum Gasteiger partial charge on any atom is -0.350 e. The second kappa shape index (κ2) is 5.29. The van der Waals surface area contributed by atoms with Gasteiger partial charge in [0.25, 0.3) is 0 Å². The molecule has 6 heteroatoms. The van der Waals surface area contributed by atoms with Gasteiger partial charge in [0.15, 0.2) is 0 Å². The van der Waals surface area contributed by atoms with Gasteiger partial charge < -0.3 is 4.90 Å². The van der Waals surface area contributed by atoms with Crippen LogP contribution in [-0.2, 0) is 0 Å². The van der Waals surface area contributed by atoms with Gasteiger partial charge in [0, 0.05) is 18.3 Å². The van der Waals surface area contributed by atoms with E-state index in [1.807, 2.05) is 23.0 Å². The summed E-state index contributed by atoms with van der Waals surface area (Å²) in [6.07, 6.45) is 8.06. The fourth-order valence-electron chi connectivity index (χ4n) is 3.88. The molecule has 5 nitrogen and oxygen atoms in total. The van der Waals surface area contributed by atoms with Crippen molar-refractivity contribution >= 4 is 17.4 Å². The molecule has 2 aliphatic heterocycles. The molecule has 0 amide bonds. The molecule has 0 aromatic carbocycles. The van der Waals surface area contributed by atoms with E-state index in [9.17, 15) is 0 Å². The smallest absolute Gasteiger partial charge is 0.142 e. The quantitative estimate of drug-likeness (QED) is 0.854. The lowest BCUT2D eigenvalue weighted by atomic mass is 9.97. The molecular formula is C16H16ClN5. The van der Waals surface area contributed by atoms with Crippen molar-refractivity contribution in [1.29, 1.82) is 5.26 Å². The van der Waals surface area contributed by atoms with Crippen LogP contribution in [0.3, 0.4) is 0 Å². The number of nitriles is 1. The third-order valence-electron chi connectivity index (χ3n) is 4.77. The molecule has 2 aromatic rings. The van der Waals surface area contributed by atoms with Crippen molar-refractivity contribution in [2.75, 3.05) is 4.90 Å². The normalized spacial score (nSPS) is 26.9. The van der Waals surface area contributed by atoms with Gasteiger partial charge in [-0.1, -0.05) is 17.7 Å². The summed E-state index contributed by atoms with van der Waals surface area (Å²) in [6.45, 7) is 0. The number of hydrogen-bond acceptors (Lipinski definition) is 4. The molecule has 4 heterocycles. The summed E-state index contributed by atoms with van der Waals surface area (Å²) in [5.74, 6) is 0.934. The van der Waals surface area contributed by atoms with E-state index in [1.54, 1.807) is 12.3 Å². The van der Waals surface area contributed by atoms with Crippen molar-refractivity contribution < 1.29 is 0 Å². The van der Waals surface area contributed by atoms with Crippen LogP contribution in [0.1, 0.15) is 37.4 Å². The van der Waals surface area contributed by atoms with Crippen LogP contribution in [0.2, 0.25) is 5.02 Å². The second-order valence-corrected chi connectivity index (χ2v) is 6.49. The summed E-state index contributed by atoms with van der Waals surface area (Å²) < 4.78 is 2.00. The molecule has 2 atom stereocenters. The lowest BCUT2D eigenvalue weighted by Gasteiger charge is -2.39. The Morgan fingerprint density at radius 1 is 1.18 bits per heavy atom. The van der Waals surface area contributed by atoms with Crippen molar-refractivity contribution in [3.05, 3.63) is 41.3 Å². The Balaban J connectivity index is 1.59. The molecule has 0 N–H and O–H groups in total. The highest BCUT2D eigenvalue weighted by Gasteiger charge is 2.42. The van der Waals surface area contributed by atoms with E-state index in [0.29, 0.717) is 28.8 Å². The van der Waals surface area contributed by atoms with Crippen molar-refractivity contribution in [3.8, 4) is 6.07 Å². The zero-order valence-electron chi connectivity index (χ0n) is 12.1. The lowest BCUT2D eigenvalue weighted by molar-refractivity contribution is 0.313. The van der Waals surface area contributed by atoms with Gasteiger partial charge in [0.1, 0.15) is 17.6 Å². The summed E-state index contributed by atoms with van der Waals surface area (Å²) in [5.41, 5.74) is 0.484. The minimum absolute atomic E-state index is 0.403. The zero-order valence-corrected chi connectivity index (χ0v) is 12.8. The first-order valence-electron chi connectivity index (χ1n) is 7.60. The van der Waals surface area contributed by atoms with E-state index < -0.39 is 0 Å². The van der Waals surface area contributed by atoms with Crippen molar-refractivity contribution in [1.82, 2.24) is 14.8 Å². The van der Waals surface area contributed by atoms with Crippen LogP contribution in [-0.4, -0.2) is 26.8 Å². The minimum atomic E-state index is 0.403. The summed E-state index contributed by atoms with van der Waals surface area (Å²) in [7, 11) is 0. The molecule has 112 valence electrons. The maximum Gasteiger partial charge on any atom is 0.142 e. The van der Waals surface area contributed by atoms with Crippen LogP contribution in [0.15, 0.2) is 30.6 Å². The Kier molecular flexibility index (Phi) is 3.27. The lowest BCUT2D eigenvalue weighted by Crippen LogP contribution is -2.44. The molecule has 0 spiro atoms. The number of aromatic nitrogens is 3. The van der Waals surface area contributed by atoms with E-state index in [2.05, 4.69) is 21.1 Å². The highest BCUT2D eigenvalue weighted by atomic mass is 35.5. The maximum absolute atomic E-state index is 9.05. The maximum atomic E-state index is 9.05. The van der Waals surface area contributed by atoms with Crippen molar-refractivity contribution in [3.63, 3.8) is 0 Å². The summed E-state index contributed by atoms with van der Waals surface area (Å²) >= 11 is 5.99. The summed E-state index contributed by atoms with van der Waals surface area (Å²) in [6, 6.07) is 9.14. The molecule has 2 aromatic heterocycles. The van der Waals surface area contributed by atoms with Crippen LogP contribution in [0, 0.1) is 11.3 Å². The largest absolute Gasteiger partial charge is 0.350 e. The van der Waals surface area contributed by atoms with E-state index in [1.165, 1.54) is 12.8 Å². The predicted octanol–water partition coefficient (Wildman–Crippen LogP) is 3.18. The average Bonchev–Trinajstić information content (AvgIpc) is 3.08. The number of nitrogens with zero attached hydrogens (tertiary/aromatic N) is 5. The third kappa shape index (κ3) is 2.24. The number of halogens is 1. The van der Waals surface area contributed by atoms with Crippen LogP contribution >= 0.6 is 11.6 Å². The van der Waals surface area contributed by atoms with Crippen LogP contribution in [0.25, 0.3) is 0 Å². The molecule has 2 aliphatic rings. The van der Waals surface area contributed by atoms with Gasteiger partial charge in [-0.15, -0.1) is 0 Å². The van der Waals surface area contributed by atoms with Crippen molar-refractivity contribution in [2.24, 2.45) is 0 Å². The van der Waals surface area contributed by atoms with E-state index >= 15 is 0 Å². The zero-order chi connectivity index (χ0) is 15.1. The van der Waals surface area contributed by atoms with Crippen molar-refractivity contribution in [2.45, 2.75) is 43.8 Å². The first-order chi connectivity index (χ1) is 10.7. The third-order valence-corrected chi connectivity index (χ3v) is 4.96.